The number of fused-ring (bicyclic) bond motifs is 1. The number of aliphatic hydroxyl groups is 1. The van der Waals surface area contributed by atoms with Crippen LogP contribution >= 0.6 is 0 Å². The maximum atomic E-state index is 9.54. The van der Waals surface area contributed by atoms with Gasteiger partial charge in [-0.2, -0.15) is 0 Å². The summed E-state index contributed by atoms with van der Waals surface area (Å²) in [5, 5.41) is 9.54. The highest BCUT2D eigenvalue weighted by molar-refractivity contribution is 4.97. The number of aliphatic hydroxyl groups excluding tert-OH is 1. The lowest BCUT2D eigenvalue weighted by Crippen LogP contribution is -2.37. The van der Waals surface area contributed by atoms with Gasteiger partial charge in [-0.3, -0.25) is 0 Å². The van der Waals surface area contributed by atoms with Crippen LogP contribution in [0.2, 0.25) is 0 Å². The second-order valence-electron chi connectivity index (χ2n) is 3.44. The predicted molar refractivity (Wildman–Crippen MR) is 42.0 cm³/mol. The molecule has 1 saturated carbocycles. The summed E-state index contributed by atoms with van der Waals surface area (Å²) in [6, 6.07) is 0. The fraction of sp³-hybridized carbons (Fsp3) is 0.778. The van der Waals surface area contributed by atoms with E-state index in [9.17, 15) is 5.11 Å². The van der Waals surface area contributed by atoms with Crippen LogP contribution in [0, 0.1) is 5.92 Å². The Morgan fingerprint density at radius 3 is 2.91 bits per heavy atom. The first-order valence-electron chi connectivity index (χ1n) is 4.38. The summed E-state index contributed by atoms with van der Waals surface area (Å²) in [5.74, 6) is 0.369. The number of hydrogen-bond acceptors (Lipinski definition) is 2. The molecule has 2 heteroatoms. The lowest BCUT2D eigenvalue weighted by Gasteiger charge is -2.35. The molecule has 2 rings (SSSR count). The second-order valence-corrected chi connectivity index (χ2v) is 3.44. The largest absolute Gasteiger partial charge is 0.498 e. The zero-order valence-corrected chi connectivity index (χ0v) is 6.57. The van der Waals surface area contributed by atoms with Crippen LogP contribution in [0.4, 0.5) is 0 Å². The van der Waals surface area contributed by atoms with Gasteiger partial charge in [0.1, 0.15) is 6.10 Å². The van der Waals surface area contributed by atoms with E-state index < -0.39 is 0 Å². The molecule has 1 fully saturated rings. The zero-order chi connectivity index (χ0) is 7.68. The van der Waals surface area contributed by atoms with E-state index in [1.54, 1.807) is 12.3 Å². The molecule has 11 heavy (non-hydrogen) atoms. The second kappa shape index (κ2) is 2.86. The Hall–Kier alpha value is -0.500. The third-order valence-corrected chi connectivity index (χ3v) is 2.72. The molecule has 0 aromatic heterocycles. The molecule has 2 aliphatic rings. The van der Waals surface area contributed by atoms with Crippen molar-refractivity contribution in [3.05, 3.63) is 12.3 Å². The first kappa shape index (κ1) is 7.17. The molecule has 0 spiro atoms. The molecule has 0 aromatic rings. The van der Waals surface area contributed by atoms with Crippen molar-refractivity contribution in [2.45, 2.75) is 37.9 Å². The molecule has 3 atom stereocenters. The summed E-state index contributed by atoms with van der Waals surface area (Å²) in [6.45, 7) is 0. The van der Waals surface area contributed by atoms with Gasteiger partial charge in [0, 0.05) is 5.92 Å². The van der Waals surface area contributed by atoms with Crippen LogP contribution in [0.5, 0.6) is 0 Å². The highest BCUT2D eigenvalue weighted by atomic mass is 16.5. The predicted octanol–water partition coefficient (Wildman–Crippen LogP) is 1.45. The molecule has 0 bridgehead atoms. The zero-order valence-electron chi connectivity index (χ0n) is 6.57. The van der Waals surface area contributed by atoms with E-state index in [2.05, 4.69) is 0 Å². The highest BCUT2D eigenvalue weighted by Gasteiger charge is 2.32. The fourth-order valence-corrected chi connectivity index (χ4v) is 2.05. The average molecular weight is 154 g/mol. The van der Waals surface area contributed by atoms with Crippen LogP contribution in [-0.2, 0) is 4.74 Å². The van der Waals surface area contributed by atoms with E-state index in [4.69, 9.17) is 4.74 Å². The standard InChI is InChI=1S/C9H14O2/c10-8-5-6-11-9-4-2-1-3-7(8)9/h5-10H,1-4H2/t7-,8?,9+/m0/s1. The molecule has 1 N–H and O–H groups in total. The lowest BCUT2D eigenvalue weighted by molar-refractivity contribution is -0.0211. The van der Waals surface area contributed by atoms with Gasteiger partial charge >= 0.3 is 0 Å². The molecular formula is C9H14O2. The third-order valence-electron chi connectivity index (χ3n) is 2.72. The Bertz CT molecular complexity index is 165. The Morgan fingerprint density at radius 2 is 2.09 bits per heavy atom. The number of hydrogen-bond donors (Lipinski definition) is 1. The van der Waals surface area contributed by atoms with Crippen molar-refractivity contribution in [3.8, 4) is 0 Å². The van der Waals surface area contributed by atoms with E-state index in [1.807, 2.05) is 0 Å². The minimum Gasteiger partial charge on any atom is -0.498 e. The summed E-state index contributed by atoms with van der Waals surface area (Å²) in [6.07, 6.45) is 8.18. The van der Waals surface area contributed by atoms with Crippen molar-refractivity contribution in [1.82, 2.24) is 0 Å². The SMILES string of the molecule is OC1C=CO[C@@H]2CCCC[C@@H]12. The molecular weight excluding hydrogens is 140 g/mol. The van der Waals surface area contributed by atoms with Crippen LogP contribution in [0.1, 0.15) is 25.7 Å². The molecule has 1 heterocycles. The van der Waals surface area contributed by atoms with Crippen LogP contribution in [0.3, 0.4) is 0 Å². The lowest BCUT2D eigenvalue weighted by atomic mass is 9.82. The van der Waals surface area contributed by atoms with Gasteiger partial charge < -0.3 is 9.84 Å². The molecule has 0 aromatic carbocycles. The molecule has 0 radical (unpaired) electrons. The van der Waals surface area contributed by atoms with Crippen molar-refractivity contribution in [2.75, 3.05) is 0 Å². The van der Waals surface area contributed by atoms with E-state index in [1.165, 1.54) is 12.8 Å². The van der Waals surface area contributed by atoms with Crippen LogP contribution in [0.15, 0.2) is 12.3 Å². The third kappa shape index (κ3) is 1.27. The Balaban J connectivity index is 2.08. The maximum Gasteiger partial charge on any atom is 0.103 e. The first-order chi connectivity index (χ1) is 5.38. The van der Waals surface area contributed by atoms with Gasteiger partial charge in [0.2, 0.25) is 0 Å². The van der Waals surface area contributed by atoms with Crippen molar-refractivity contribution in [2.24, 2.45) is 5.92 Å². The molecule has 0 amide bonds. The summed E-state index contributed by atoms with van der Waals surface area (Å²) < 4.78 is 5.41. The van der Waals surface area contributed by atoms with Crippen molar-refractivity contribution in [1.29, 1.82) is 0 Å². The quantitative estimate of drug-likeness (QED) is 0.572. The van der Waals surface area contributed by atoms with Crippen molar-refractivity contribution < 1.29 is 9.84 Å². The van der Waals surface area contributed by atoms with Crippen molar-refractivity contribution >= 4 is 0 Å². The highest BCUT2D eigenvalue weighted by Crippen LogP contribution is 2.32. The van der Waals surface area contributed by atoms with Gasteiger partial charge in [0.05, 0.1) is 12.4 Å². The first-order valence-corrected chi connectivity index (χ1v) is 4.38. The summed E-state index contributed by atoms with van der Waals surface area (Å²) in [7, 11) is 0. The van der Waals surface area contributed by atoms with Gasteiger partial charge in [-0.25, -0.2) is 0 Å². The Labute approximate surface area is 66.9 Å². The van der Waals surface area contributed by atoms with Gasteiger partial charge in [0.25, 0.3) is 0 Å². The van der Waals surface area contributed by atoms with E-state index in [-0.39, 0.29) is 6.10 Å². The molecule has 2 nitrogen and oxygen atoms in total. The molecule has 0 saturated heterocycles. The van der Waals surface area contributed by atoms with Crippen LogP contribution < -0.4 is 0 Å². The van der Waals surface area contributed by atoms with E-state index in [0.29, 0.717) is 12.0 Å². The monoisotopic (exact) mass is 154 g/mol. The number of ether oxygens (including phenoxy) is 1. The normalized spacial score (nSPS) is 42.8. The fourth-order valence-electron chi connectivity index (χ4n) is 2.05. The molecule has 1 unspecified atom stereocenters. The number of rotatable bonds is 0. The topological polar surface area (TPSA) is 29.5 Å². The van der Waals surface area contributed by atoms with E-state index in [0.717, 1.165) is 12.8 Å². The van der Waals surface area contributed by atoms with Gasteiger partial charge in [0.15, 0.2) is 0 Å². The summed E-state index contributed by atoms with van der Waals surface area (Å²) in [5.41, 5.74) is 0. The maximum absolute atomic E-state index is 9.54. The minimum atomic E-state index is -0.256. The van der Waals surface area contributed by atoms with E-state index >= 15 is 0 Å². The average Bonchev–Trinajstić information content (AvgIpc) is 2.06. The van der Waals surface area contributed by atoms with Gasteiger partial charge in [-0.1, -0.05) is 6.42 Å². The summed E-state index contributed by atoms with van der Waals surface area (Å²) in [4.78, 5) is 0. The summed E-state index contributed by atoms with van der Waals surface area (Å²) >= 11 is 0. The van der Waals surface area contributed by atoms with Gasteiger partial charge in [-0.15, -0.1) is 0 Å². The van der Waals surface area contributed by atoms with Gasteiger partial charge in [-0.05, 0) is 25.3 Å². The molecule has 1 aliphatic carbocycles. The Kier molecular flexibility index (Phi) is 1.86. The Morgan fingerprint density at radius 1 is 1.27 bits per heavy atom. The van der Waals surface area contributed by atoms with Crippen LogP contribution in [0.25, 0.3) is 0 Å². The minimum absolute atomic E-state index is 0.256. The van der Waals surface area contributed by atoms with Crippen LogP contribution in [-0.4, -0.2) is 17.3 Å². The molecule has 62 valence electrons. The molecule has 1 aliphatic heterocycles. The smallest absolute Gasteiger partial charge is 0.103 e. The van der Waals surface area contributed by atoms with Crippen molar-refractivity contribution in [3.63, 3.8) is 0 Å².